The number of benzene rings is 1. The molecule has 5 rings (SSSR count). The summed E-state index contributed by atoms with van der Waals surface area (Å²) in [4.78, 5) is 18.3. The maximum Gasteiger partial charge on any atom is 0.240 e. The van der Waals surface area contributed by atoms with E-state index in [1.807, 2.05) is 41.8 Å². The van der Waals surface area contributed by atoms with Crippen LogP contribution in [0.2, 0.25) is 0 Å². The Kier molecular flexibility index (Phi) is 4.86. The average Bonchev–Trinajstić information content (AvgIpc) is 3.54. The highest BCUT2D eigenvalue weighted by Crippen LogP contribution is 2.31. The van der Waals surface area contributed by atoms with E-state index in [1.54, 1.807) is 30.0 Å². The van der Waals surface area contributed by atoms with Crippen molar-refractivity contribution in [1.82, 2.24) is 20.0 Å². The Balaban J connectivity index is 1.31. The zero-order chi connectivity index (χ0) is 20.3. The van der Waals surface area contributed by atoms with Crippen LogP contribution in [0.4, 0.5) is 0 Å². The third kappa shape index (κ3) is 3.62. The molecule has 0 aliphatic carbocycles. The Morgan fingerprint density at radius 3 is 2.77 bits per heavy atom. The molecular formula is C23H18N4O2S. The van der Waals surface area contributed by atoms with Crippen LogP contribution >= 0.6 is 11.3 Å². The summed E-state index contributed by atoms with van der Waals surface area (Å²) in [7, 11) is 0. The molecule has 1 N–H and O–H groups in total. The molecule has 0 fully saturated rings. The van der Waals surface area contributed by atoms with Crippen LogP contribution < -0.4 is 5.32 Å². The number of amides is 1. The minimum atomic E-state index is -0.0564. The topological polar surface area (TPSA) is 73.0 Å². The lowest BCUT2D eigenvalue weighted by Gasteiger charge is -2.11. The molecule has 0 aliphatic rings. The van der Waals surface area contributed by atoms with Crippen molar-refractivity contribution in [2.24, 2.45) is 0 Å². The molecule has 0 saturated heterocycles. The molecule has 30 heavy (non-hydrogen) atoms. The summed E-state index contributed by atoms with van der Waals surface area (Å²) >= 11 is 1.67. The second-order valence-electron chi connectivity index (χ2n) is 6.88. The Morgan fingerprint density at radius 1 is 1.07 bits per heavy atom. The van der Waals surface area contributed by atoms with Gasteiger partial charge < -0.3 is 14.4 Å². The molecule has 0 aliphatic heterocycles. The Labute approximate surface area is 176 Å². The molecule has 0 spiro atoms. The molecule has 0 saturated carbocycles. The summed E-state index contributed by atoms with van der Waals surface area (Å²) < 4.78 is 6.93. The monoisotopic (exact) mass is 414 g/mol. The van der Waals surface area contributed by atoms with Gasteiger partial charge in [0, 0.05) is 28.2 Å². The molecule has 1 amide bonds. The van der Waals surface area contributed by atoms with E-state index in [2.05, 4.69) is 38.2 Å². The smallest absolute Gasteiger partial charge is 0.240 e. The fourth-order valence-corrected chi connectivity index (χ4v) is 4.20. The van der Waals surface area contributed by atoms with E-state index < -0.39 is 0 Å². The van der Waals surface area contributed by atoms with Gasteiger partial charge >= 0.3 is 0 Å². The molecule has 5 aromatic rings. The van der Waals surface area contributed by atoms with Gasteiger partial charge in [0.2, 0.25) is 5.91 Å². The summed E-state index contributed by atoms with van der Waals surface area (Å²) in [6, 6.07) is 18.2. The summed E-state index contributed by atoms with van der Waals surface area (Å²) in [5.74, 6) is -0.0564. The molecule has 0 unspecified atom stereocenters. The number of carbonyl (C=O) groups excluding carboxylic acids is 1. The number of para-hydroxylation sites is 1. The number of aromatic nitrogens is 3. The number of hydrogen-bond acceptors (Lipinski definition) is 5. The molecule has 148 valence electrons. The van der Waals surface area contributed by atoms with Crippen LogP contribution in [0.3, 0.4) is 0 Å². The molecule has 1 aromatic carbocycles. The van der Waals surface area contributed by atoms with E-state index in [9.17, 15) is 4.79 Å². The molecular weight excluding hydrogens is 396 g/mol. The number of nitrogens with zero attached hydrogens (tertiary/aromatic N) is 3. The second kappa shape index (κ2) is 7.96. The molecule has 4 heterocycles. The first-order valence-corrected chi connectivity index (χ1v) is 10.4. The van der Waals surface area contributed by atoms with Gasteiger partial charge in [-0.05, 0) is 29.6 Å². The highest BCUT2D eigenvalue weighted by atomic mass is 32.1. The number of rotatable bonds is 6. The third-order valence-electron chi connectivity index (χ3n) is 4.94. The fourth-order valence-electron chi connectivity index (χ4n) is 3.45. The molecule has 0 atom stereocenters. The van der Waals surface area contributed by atoms with Crippen LogP contribution in [0.1, 0.15) is 5.69 Å². The predicted molar refractivity (Wildman–Crippen MR) is 117 cm³/mol. The number of hydrogen-bond donors (Lipinski definition) is 1. The first kappa shape index (κ1) is 18.3. The number of fused-ring (bicyclic) bond motifs is 1. The van der Waals surface area contributed by atoms with Gasteiger partial charge in [0.05, 0.1) is 29.0 Å². The first-order chi connectivity index (χ1) is 14.8. The van der Waals surface area contributed by atoms with Gasteiger partial charge in [-0.25, -0.2) is 0 Å². The van der Waals surface area contributed by atoms with Gasteiger partial charge in [0.1, 0.15) is 12.8 Å². The maximum absolute atomic E-state index is 12.7. The van der Waals surface area contributed by atoms with Crippen molar-refractivity contribution in [2.75, 3.05) is 0 Å². The third-order valence-corrected chi connectivity index (χ3v) is 5.84. The van der Waals surface area contributed by atoms with Gasteiger partial charge in [-0.3, -0.25) is 9.78 Å². The number of thiophene rings is 1. The summed E-state index contributed by atoms with van der Waals surface area (Å²) in [6.07, 6.45) is 4.97. The van der Waals surface area contributed by atoms with Crippen LogP contribution in [-0.4, -0.2) is 20.6 Å². The zero-order valence-electron chi connectivity index (χ0n) is 16.0. The molecule has 0 radical (unpaired) electrons. The van der Waals surface area contributed by atoms with Crippen molar-refractivity contribution in [3.63, 3.8) is 0 Å². The van der Waals surface area contributed by atoms with E-state index in [0.717, 1.165) is 38.3 Å². The predicted octanol–water partition coefficient (Wildman–Crippen LogP) is 4.74. The minimum Gasteiger partial charge on any atom is -0.364 e. The van der Waals surface area contributed by atoms with Gasteiger partial charge in [0.15, 0.2) is 0 Å². The summed E-state index contributed by atoms with van der Waals surface area (Å²) in [6.45, 7) is 0.621. The van der Waals surface area contributed by atoms with Crippen molar-refractivity contribution < 1.29 is 9.32 Å². The second-order valence-corrected chi connectivity index (χ2v) is 7.83. The SMILES string of the molecule is O=C(Cn1c(-c2cccs2)cc2ccccc21)NCc1ccc(-c2cnoc2)cn1. The average molecular weight is 414 g/mol. The first-order valence-electron chi connectivity index (χ1n) is 9.51. The van der Waals surface area contributed by atoms with Crippen LogP contribution in [0.5, 0.6) is 0 Å². The van der Waals surface area contributed by atoms with E-state index in [-0.39, 0.29) is 12.5 Å². The van der Waals surface area contributed by atoms with Crippen LogP contribution in [0.25, 0.3) is 32.6 Å². The Morgan fingerprint density at radius 2 is 2.00 bits per heavy atom. The summed E-state index contributed by atoms with van der Waals surface area (Å²) in [5.41, 5.74) is 4.69. The Bertz CT molecular complexity index is 1270. The quantitative estimate of drug-likeness (QED) is 0.436. The van der Waals surface area contributed by atoms with Crippen LogP contribution in [0.15, 0.2) is 83.2 Å². The van der Waals surface area contributed by atoms with E-state index in [1.165, 1.54) is 0 Å². The summed E-state index contributed by atoms with van der Waals surface area (Å²) in [5, 5.41) is 9.85. The van der Waals surface area contributed by atoms with Crippen molar-refractivity contribution in [1.29, 1.82) is 0 Å². The van der Waals surface area contributed by atoms with Gasteiger partial charge in [-0.2, -0.15) is 0 Å². The molecule has 4 aromatic heterocycles. The van der Waals surface area contributed by atoms with Crippen molar-refractivity contribution in [3.05, 3.63) is 84.3 Å². The van der Waals surface area contributed by atoms with Gasteiger partial charge in [-0.1, -0.05) is 35.5 Å². The number of nitrogens with one attached hydrogen (secondary N) is 1. The largest absolute Gasteiger partial charge is 0.364 e. The standard InChI is InChI=1S/C23H18N4O2S/c28-23(25-13-19-8-7-17(11-24-19)18-12-26-29-15-18)14-27-20-5-2-1-4-16(20)10-21(27)22-6-3-9-30-22/h1-12,15H,13-14H2,(H,25,28). The number of pyridine rings is 1. The van der Waals surface area contributed by atoms with Crippen molar-refractivity contribution in [2.45, 2.75) is 13.1 Å². The van der Waals surface area contributed by atoms with Crippen LogP contribution in [-0.2, 0) is 17.9 Å². The van der Waals surface area contributed by atoms with Crippen LogP contribution in [0, 0.1) is 0 Å². The lowest BCUT2D eigenvalue weighted by Crippen LogP contribution is -2.27. The lowest BCUT2D eigenvalue weighted by atomic mass is 10.1. The van der Waals surface area contributed by atoms with E-state index in [4.69, 9.17) is 4.52 Å². The maximum atomic E-state index is 12.7. The van der Waals surface area contributed by atoms with Gasteiger partial charge in [-0.15, -0.1) is 11.3 Å². The van der Waals surface area contributed by atoms with Gasteiger partial charge in [0.25, 0.3) is 0 Å². The normalized spacial score (nSPS) is 11.1. The molecule has 6 nitrogen and oxygen atoms in total. The fraction of sp³-hybridized carbons (Fsp3) is 0.0870. The van der Waals surface area contributed by atoms with Crippen molar-refractivity contribution in [3.8, 4) is 21.7 Å². The molecule has 0 bridgehead atoms. The Hall–Kier alpha value is -3.71. The molecule has 7 heteroatoms. The lowest BCUT2D eigenvalue weighted by molar-refractivity contribution is -0.121. The highest BCUT2D eigenvalue weighted by molar-refractivity contribution is 7.13. The van der Waals surface area contributed by atoms with E-state index in [0.29, 0.717) is 6.54 Å². The van der Waals surface area contributed by atoms with Crippen molar-refractivity contribution >= 4 is 28.1 Å². The van der Waals surface area contributed by atoms with E-state index >= 15 is 0 Å². The number of carbonyl (C=O) groups is 1. The minimum absolute atomic E-state index is 0.0564. The highest BCUT2D eigenvalue weighted by Gasteiger charge is 2.14. The zero-order valence-corrected chi connectivity index (χ0v) is 16.8.